The molecule has 9 heteroatoms. The van der Waals surface area contributed by atoms with E-state index >= 15 is 0 Å². The molecule has 0 aliphatic carbocycles. The van der Waals surface area contributed by atoms with Crippen LogP contribution in [0.4, 0.5) is 5.69 Å². The van der Waals surface area contributed by atoms with Gasteiger partial charge in [-0.25, -0.2) is 0 Å². The maximum atomic E-state index is 11.2. The van der Waals surface area contributed by atoms with E-state index < -0.39 is 4.92 Å². The van der Waals surface area contributed by atoms with Crippen LogP contribution in [0.5, 0.6) is 5.75 Å². The quantitative estimate of drug-likeness (QED) is 0.326. The number of thioether (sulfide) groups is 1. The lowest BCUT2D eigenvalue weighted by Gasteiger charge is -2.09. The number of aromatic nitrogens is 3. The number of benzene rings is 2. The Kier molecular flexibility index (Phi) is 5.98. The van der Waals surface area contributed by atoms with Gasteiger partial charge in [0.15, 0.2) is 11.0 Å². The Morgan fingerprint density at radius 2 is 2.00 bits per heavy atom. The third kappa shape index (κ3) is 4.40. The van der Waals surface area contributed by atoms with Crippen LogP contribution in [0.2, 0.25) is 5.02 Å². The second-order valence-electron chi connectivity index (χ2n) is 5.80. The van der Waals surface area contributed by atoms with E-state index in [1.54, 1.807) is 12.1 Å². The van der Waals surface area contributed by atoms with E-state index in [0.29, 0.717) is 27.3 Å². The number of rotatable bonds is 7. The maximum absolute atomic E-state index is 11.2. The number of aryl methyl sites for hydroxylation is 1. The zero-order valence-electron chi connectivity index (χ0n) is 14.8. The van der Waals surface area contributed by atoms with Gasteiger partial charge in [0.1, 0.15) is 12.4 Å². The van der Waals surface area contributed by atoms with Crippen molar-refractivity contribution >= 4 is 29.1 Å². The van der Waals surface area contributed by atoms with E-state index in [4.69, 9.17) is 16.3 Å². The van der Waals surface area contributed by atoms with E-state index in [0.717, 1.165) is 11.3 Å². The Labute approximate surface area is 165 Å². The maximum Gasteiger partial charge on any atom is 0.274 e. The molecule has 3 rings (SSSR count). The number of halogens is 1. The molecule has 0 saturated heterocycles. The Morgan fingerprint density at radius 1 is 1.22 bits per heavy atom. The van der Waals surface area contributed by atoms with Gasteiger partial charge in [-0.2, -0.15) is 0 Å². The SMILES string of the molecule is Cc1ccccc1OCc1nnc(SCc2c(Cl)cccc2[N+](=O)[O-])n1C. The van der Waals surface area contributed by atoms with Gasteiger partial charge in [-0.1, -0.05) is 47.6 Å². The average Bonchev–Trinajstić information content (AvgIpc) is 2.99. The third-order valence-corrected chi connectivity index (χ3v) is 5.41. The highest BCUT2D eigenvalue weighted by molar-refractivity contribution is 7.98. The summed E-state index contributed by atoms with van der Waals surface area (Å²) >= 11 is 7.47. The summed E-state index contributed by atoms with van der Waals surface area (Å²) in [7, 11) is 1.83. The number of nitro groups is 1. The van der Waals surface area contributed by atoms with Crippen molar-refractivity contribution < 1.29 is 9.66 Å². The molecule has 0 radical (unpaired) electrons. The minimum Gasteiger partial charge on any atom is -0.485 e. The molecular formula is C18H17ClN4O3S. The Hall–Kier alpha value is -2.58. The van der Waals surface area contributed by atoms with Crippen molar-refractivity contribution in [1.29, 1.82) is 0 Å². The summed E-state index contributed by atoms with van der Waals surface area (Å²) in [6.07, 6.45) is 0. The van der Waals surface area contributed by atoms with Crippen LogP contribution in [0.25, 0.3) is 0 Å². The Morgan fingerprint density at radius 3 is 2.74 bits per heavy atom. The first-order valence-corrected chi connectivity index (χ1v) is 9.45. The van der Waals surface area contributed by atoms with E-state index in [1.165, 1.54) is 17.8 Å². The van der Waals surface area contributed by atoms with Crippen LogP contribution in [-0.2, 0) is 19.4 Å². The van der Waals surface area contributed by atoms with Crippen LogP contribution in [0.15, 0.2) is 47.6 Å². The number of nitrogens with zero attached hydrogens (tertiary/aromatic N) is 4. The van der Waals surface area contributed by atoms with Crippen molar-refractivity contribution in [2.75, 3.05) is 0 Å². The predicted octanol–water partition coefficient (Wildman–Crippen LogP) is 4.56. The minimum absolute atomic E-state index is 0.000257. The summed E-state index contributed by atoms with van der Waals surface area (Å²) in [6.45, 7) is 2.25. The molecule has 27 heavy (non-hydrogen) atoms. The molecule has 140 valence electrons. The van der Waals surface area contributed by atoms with Gasteiger partial charge in [0.25, 0.3) is 5.69 Å². The molecule has 0 N–H and O–H groups in total. The van der Waals surface area contributed by atoms with Crippen molar-refractivity contribution in [3.8, 4) is 5.75 Å². The highest BCUT2D eigenvalue weighted by atomic mass is 35.5. The van der Waals surface area contributed by atoms with Crippen molar-refractivity contribution in [2.24, 2.45) is 7.05 Å². The molecule has 0 amide bonds. The first kappa shape index (κ1) is 19.2. The fraction of sp³-hybridized carbons (Fsp3) is 0.222. The fourth-order valence-corrected chi connectivity index (χ4v) is 3.75. The zero-order chi connectivity index (χ0) is 19.4. The lowest BCUT2D eigenvalue weighted by Crippen LogP contribution is -2.05. The molecule has 1 aromatic heterocycles. The molecule has 0 fully saturated rings. The molecule has 0 bridgehead atoms. The normalized spacial score (nSPS) is 10.8. The summed E-state index contributed by atoms with van der Waals surface area (Å²) < 4.78 is 7.62. The van der Waals surface area contributed by atoms with Crippen LogP contribution in [-0.4, -0.2) is 19.7 Å². The monoisotopic (exact) mass is 404 g/mol. The molecule has 0 saturated carbocycles. The largest absolute Gasteiger partial charge is 0.485 e. The highest BCUT2D eigenvalue weighted by Crippen LogP contribution is 2.32. The van der Waals surface area contributed by atoms with Crippen LogP contribution >= 0.6 is 23.4 Å². The number of hydrogen-bond donors (Lipinski definition) is 0. The minimum atomic E-state index is -0.431. The number of ether oxygens (including phenoxy) is 1. The molecular weight excluding hydrogens is 388 g/mol. The summed E-state index contributed by atoms with van der Waals surface area (Å²) in [5.41, 5.74) is 1.51. The molecule has 0 aliphatic rings. The van der Waals surface area contributed by atoms with E-state index in [1.807, 2.05) is 42.8 Å². The topological polar surface area (TPSA) is 83.1 Å². The number of nitro benzene ring substituents is 1. The highest BCUT2D eigenvalue weighted by Gasteiger charge is 2.18. The first-order chi connectivity index (χ1) is 13.0. The molecule has 1 heterocycles. The second-order valence-corrected chi connectivity index (χ2v) is 7.14. The first-order valence-electron chi connectivity index (χ1n) is 8.08. The molecule has 0 unspecified atom stereocenters. The summed E-state index contributed by atoms with van der Waals surface area (Å²) in [6, 6.07) is 12.4. The molecule has 7 nitrogen and oxygen atoms in total. The average molecular weight is 405 g/mol. The number of para-hydroxylation sites is 1. The van der Waals surface area contributed by atoms with Gasteiger partial charge in [-0.3, -0.25) is 10.1 Å². The molecule has 0 spiro atoms. The molecule has 3 aromatic rings. The van der Waals surface area contributed by atoms with Crippen molar-refractivity contribution in [2.45, 2.75) is 24.4 Å². The van der Waals surface area contributed by atoms with Gasteiger partial charge in [-0.05, 0) is 24.6 Å². The van der Waals surface area contributed by atoms with Gasteiger partial charge >= 0.3 is 0 Å². The van der Waals surface area contributed by atoms with E-state index in [-0.39, 0.29) is 12.3 Å². The Balaban J connectivity index is 1.70. The fourth-order valence-electron chi connectivity index (χ4n) is 2.46. The van der Waals surface area contributed by atoms with Crippen molar-refractivity contribution in [3.63, 3.8) is 0 Å². The van der Waals surface area contributed by atoms with Gasteiger partial charge in [0.2, 0.25) is 0 Å². The predicted molar refractivity (Wildman–Crippen MR) is 104 cm³/mol. The molecule has 0 aliphatic heterocycles. The van der Waals surface area contributed by atoms with Crippen LogP contribution < -0.4 is 4.74 Å². The van der Waals surface area contributed by atoms with Gasteiger partial charge < -0.3 is 9.30 Å². The van der Waals surface area contributed by atoms with Crippen LogP contribution in [0.3, 0.4) is 0 Å². The van der Waals surface area contributed by atoms with E-state index in [9.17, 15) is 10.1 Å². The van der Waals surface area contributed by atoms with Gasteiger partial charge in [0.05, 0.1) is 15.5 Å². The zero-order valence-corrected chi connectivity index (χ0v) is 16.3. The smallest absolute Gasteiger partial charge is 0.274 e. The summed E-state index contributed by atoms with van der Waals surface area (Å²) in [5, 5.41) is 20.5. The summed E-state index contributed by atoms with van der Waals surface area (Å²) in [5.74, 6) is 1.77. The van der Waals surface area contributed by atoms with Crippen molar-refractivity contribution in [3.05, 3.63) is 74.6 Å². The van der Waals surface area contributed by atoms with Crippen LogP contribution in [0, 0.1) is 17.0 Å². The number of hydrogen-bond acceptors (Lipinski definition) is 6. The van der Waals surface area contributed by atoms with Gasteiger partial charge in [0, 0.05) is 18.9 Å². The van der Waals surface area contributed by atoms with Gasteiger partial charge in [-0.15, -0.1) is 10.2 Å². The van der Waals surface area contributed by atoms with Crippen molar-refractivity contribution in [1.82, 2.24) is 14.8 Å². The van der Waals surface area contributed by atoms with Crippen LogP contribution in [0.1, 0.15) is 17.0 Å². The lowest BCUT2D eigenvalue weighted by atomic mass is 10.2. The van der Waals surface area contributed by atoms with E-state index in [2.05, 4.69) is 10.2 Å². The molecule has 2 aromatic carbocycles. The Bertz CT molecular complexity index is 977. The second kappa shape index (κ2) is 8.41. The molecule has 0 atom stereocenters. The standard InChI is InChI=1S/C18H17ClN4O3S/c1-12-6-3-4-9-16(12)26-10-17-20-21-18(22(17)2)27-11-13-14(19)7-5-8-15(13)23(24)25/h3-9H,10-11H2,1-2H3. The lowest BCUT2D eigenvalue weighted by molar-refractivity contribution is -0.385. The third-order valence-electron chi connectivity index (χ3n) is 4.01. The summed E-state index contributed by atoms with van der Waals surface area (Å²) in [4.78, 5) is 10.8.